The lowest BCUT2D eigenvalue weighted by molar-refractivity contribution is -0.118. The molecule has 0 fully saturated rings. The number of imidazole rings is 1. The van der Waals surface area contributed by atoms with Crippen molar-refractivity contribution in [3.8, 4) is 0 Å². The molecule has 32 heavy (non-hydrogen) atoms. The van der Waals surface area contributed by atoms with Crippen LogP contribution in [0.4, 0.5) is 5.69 Å². The molecule has 0 aliphatic heterocycles. The monoisotopic (exact) mass is 426 g/mol. The number of fused-ring (bicyclic) bond motifs is 1. The number of carbonyl (C=O) groups excluding carboxylic acids is 2. The molecule has 0 atom stereocenters. The number of nitrogens with one attached hydrogen (secondary N) is 1. The van der Waals surface area contributed by atoms with Gasteiger partial charge in [0.1, 0.15) is 12.4 Å². The predicted octanol–water partition coefficient (Wildman–Crippen LogP) is 3.98. The minimum Gasteiger partial charge on any atom is -0.352 e. The van der Waals surface area contributed by atoms with Crippen molar-refractivity contribution >= 4 is 28.5 Å². The van der Waals surface area contributed by atoms with Gasteiger partial charge in [0.15, 0.2) is 0 Å². The molecule has 0 spiro atoms. The van der Waals surface area contributed by atoms with Crippen LogP contribution in [0.15, 0.2) is 78.9 Å². The van der Waals surface area contributed by atoms with Crippen molar-refractivity contribution in [3.05, 3.63) is 95.8 Å². The van der Waals surface area contributed by atoms with Crippen LogP contribution in [0, 0.1) is 6.92 Å². The first-order valence-electron chi connectivity index (χ1n) is 10.6. The minimum atomic E-state index is -0.106. The summed E-state index contributed by atoms with van der Waals surface area (Å²) in [5, 5.41) is 2.97. The number of anilines is 1. The van der Waals surface area contributed by atoms with Gasteiger partial charge in [-0.25, -0.2) is 4.98 Å². The van der Waals surface area contributed by atoms with Gasteiger partial charge in [-0.1, -0.05) is 48.5 Å². The van der Waals surface area contributed by atoms with Crippen LogP contribution in [-0.2, 0) is 17.8 Å². The molecule has 6 nitrogen and oxygen atoms in total. The van der Waals surface area contributed by atoms with E-state index in [0.717, 1.165) is 28.1 Å². The van der Waals surface area contributed by atoms with Crippen molar-refractivity contribution < 1.29 is 9.59 Å². The molecule has 0 saturated carbocycles. The molecule has 4 aromatic rings. The summed E-state index contributed by atoms with van der Waals surface area (Å²) in [6.45, 7) is 2.52. The number of hydrogen-bond acceptors (Lipinski definition) is 3. The smallest absolute Gasteiger partial charge is 0.251 e. The molecule has 0 saturated heterocycles. The second kappa shape index (κ2) is 9.47. The summed E-state index contributed by atoms with van der Waals surface area (Å²) in [5.74, 6) is 0.626. The zero-order chi connectivity index (χ0) is 22.5. The predicted molar refractivity (Wildman–Crippen MR) is 127 cm³/mol. The first kappa shape index (κ1) is 21.3. The standard InChI is InChI=1S/C26H26N4O2/c1-19-10-6-7-13-21(19)26(32)27-17-16-24-28-22-14-8-9-15-23(22)30(24)18-25(31)29(2)20-11-4-3-5-12-20/h3-15H,16-18H2,1-2H3,(H,27,32). The van der Waals surface area contributed by atoms with Crippen LogP contribution < -0.4 is 10.2 Å². The van der Waals surface area contributed by atoms with E-state index in [1.807, 2.05) is 90.4 Å². The van der Waals surface area contributed by atoms with Crippen LogP contribution in [0.3, 0.4) is 0 Å². The number of benzene rings is 3. The maximum Gasteiger partial charge on any atom is 0.251 e. The van der Waals surface area contributed by atoms with Crippen molar-refractivity contribution in [2.45, 2.75) is 19.9 Å². The Kier molecular flexibility index (Phi) is 6.31. The summed E-state index contributed by atoms with van der Waals surface area (Å²) in [6, 6.07) is 24.8. The number of para-hydroxylation sites is 3. The van der Waals surface area contributed by atoms with Crippen LogP contribution in [0.5, 0.6) is 0 Å². The fraction of sp³-hybridized carbons (Fsp3) is 0.192. The Bertz CT molecular complexity index is 1250. The van der Waals surface area contributed by atoms with Gasteiger partial charge < -0.3 is 14.8 Å². The van der Waals surface area contributed by atoms with Crippen LogP contribution in [0.1, 0.15) is 21.7 Å². The number of likely N-dealkylation sites (N-methyl/N-ethyl adjacent to an activating group) is 1. The molecular weight excluding hydrogens is 400 g/mol. The molecule has 162 valence electrons. The Hall–Kier alpha value is -3.93. The second-order valence-electron chi connectivity index (χ2n) is 7.71. The Morgan fingerprint density at radius 2 is 1.62 bits per heavy atom. The summed E-state index contributed by atoms with van der Waals surface area (Å²) in [4.78, 5) is 31.9. The Labute approximate surface area is 187 Å². The minimum absolute atomic E-state index is 0.0375. The highest BCUT2D eigenvalue weighted by Gasteiger charge is 2.17. The van der Waals surface area contributed by atoms with E-state index in [0.29, 0.717) is 18.5 Å². The summed E-state index contributed by atoms with van der Waals surface area (Å²) >= 11 is 0. The molecule has 6 heteroatoms. The molecule has 0 aliphatic carbocycles. The van der Waals surface area contributed by atoms with Crippen LogP contribution in [-0.4, -0.2) is 35.0 Å². The average molecular weight is 427 g/mol. The van der Waals surface area contributed by atoms with Crippen molar-refractivity contribution in [2.24, 2.45) is 0 Å². The Morgan fingerprint density at radius 1 is 0.938 bits per heavy atom. The second-order valence-corrected chi connectivity index (χ2v) is 7.71. The molecule has 1 N–H and O–H groups in total. The zero-order valence-corrected chi connectivity index (χ0v) is 18.3. The number of nitrogens with zero attached hydrogens (tertiary/aromatic N) is 3. The van der Waals surface area contributed by atoms with Gasteiger partial charge in [-0.3, -0.25) is 9.59 Å². The van der Waals surface area contributed by atoms with Gasteiger partial charge in [-0.15, -0.1) is 0 Å². The summed E-state index contributed by atoms with van der Waals surface area (Å²) in [5.41, 5.74) is 4.19. The lowest BCUT2D eigenvalue weighted by Gasteiger charge is -2.19. The van der Waals surface area contributed by atoms with Crippen LogP contribution in [0.25, 0.3) is 11.0 Å². The number of amides is 2. The third kappa shape index (κ3) is 4.54. The van der Waals surface area contributed by atoms with E-state index in [-0.39, 0.29) is 18.4 Å². The van der Waals surface area contributed by atoms with E-state index in [9.17, 15) is 9.59 Å². The van der Waals surface area contributed by atoms with Crippen molar-refractivity contribution in [3.63, 3.8) is 0 Å². The quantitative estimate of drug-likeness (QED) is 0.486. The highest BCUT2D eigenvalue weighted by Crippen LogP contribution is 2.18. The van der Waals surface area contributed by atoms with Gasteiger partial charge in [-0.05, 0) is 42.8 Å². The highest BCUT2D eigenvalue weighted by atomic mass is 16.2. The maximum atomic E-state index is 13.0. The third-order valence-electron chi connectivity index (χ3n) is 5.57. The molecule has 0 radical (unpaired) electrons. The molecule has 0 bridgehead atoms. The Morgan fingerprint density at radius 3 is 2.41 bits per heavy atom. The lowest BCUT2D eigenvalue weighted by Crippen LogP contribution is -2.31. The summed E-state index contributed by atoms with van der Waals surface area (Å²) in [7, 11) is 1.78. The SMILES string of the molecule is Cc1ccccc1C(=O)NCCc1nc2ccccc2n1CC(=O)N(C)c1ccccc1. The maximum absolute atomic E-state index is 13.0. The molecule has 0 unspecified atom stereocenters. The number of rotatable bonds is 7. The number of hydrogen-bond donors (Lipinski definition) is 1. The molecule has 1 heterocycles. The summed E-state index contributed by atoms with van der Waals surface area (Å²) < 4.78 is 1.94. The third-order valence-corrected chi connectivity index (χ3v) is 5.57. The van der Waals surface area contributed by atoms with Gasteiger partial charge in [-0.2, -0.15) is 0 Å². The van der Waals surface area contributed by atoms with Gasteiger partial charge in [0.2, 0.25) is 5.91 Å². The van der Waals surface area contributed by atoms with Crippen molar-refractivity contribution in [1.29, 1.82) is 0 Å². The fourth-order valence-corrected chi connectivity index (χ4v) is 3.74. The molecule has 4 rings (SSSR count). The topological polar surface area (TPSA) is 67.2 Å². The molecule has 0 aliphatic rings. The van der Waals surface area contributed by atoms with Gasteiger partial charge in [0.05, 0.1) is 11.0 Å². The molecule has 2 amide bonds. The van der Waals surface area contributed by atoms with Gasteiger partial charge in [0.25, 0.3) is 5.91 Å². The highest BCUT2D eigenvalue weighted by molar-refractivity contribution is 5.95. The van der Waals surface area contributed by atoms with Crippen LogP contribution >= 0.6 is 0 Å². The number of aryl methyl sites for hydroxylation is 1. The molecular formula is C26H26N4O2. The van der Waals surface area contributed by atoms with E-state index in [2.05, 4.69) is 5.32 Å². The zero-order valence-electron chi connectivity index (χ0n) is 18.3. The normalized spacial score (nSPS) is 10.8. The fourth-order valence-electron chi connectivity index (χ4n) is 3.74. The van der Waals surface area contributed by atoms with Crippen molar-refractivity contribution in [1.82, 2.24) is 14.9 Å². The largest absolute Gasteiger partial charge is 0.352 e. The van der Waals surface area contributed by atoms with E-state index in [1.165, 1.54) is 0 Å². The summed E-state index contributed by atoms with van der Waals surface area (Å²) in [6.07, 6.45) is 0.522. The molecule has 1 aromatic heterocycles. The van der Waals surface area contributed by atoms with Gasteiger partial charge in [0, 0.05) is 31.3 Å². The molecule has 3 aromatic carbocycles. The number of aromatic nitrogens is 2. The van der Waals surface area contributed by atoms with E-state index in [4.69, 9.17) is 4.98 Å². The van der Waals surface area contributed by atoms with E-state index < -0.39 is 0 Å². The van der Waals surface area contributed by atoms with Crippen molar-refractivity contribution in [2.75, 3.05) is 18.5 Å². The average Bonchev–Trinajstić information content (AvgIpc) is 3.16. The van der Waals surface area contributed by atoms with Gasteiger partial charge >= 0.3 is 0 Å². The first-order chi connectivity index (χ1) is 15.5. The first-order valence-corrected chi connectivity index (χ1v) is 10.6. The van der Waals surface area contributed by atoms with Crippen LogP contribution in [0.2, 0.25) is 0 Å². The van der Waals surface area contributed by atoms with E-state index in [1.54, 1.807) is 11.9 Å². The number of carbonyl (C=O) groups is 2. The lowest BCUT2D eigenvalue weighted by atomic mass is 10.1. The Balaban J connectivity index is 1.51. The van der Waals surface area contributed by atoms with E-state index >= 15 is 0 Å².